The van der Waals surface area contributed by atoms with E-state index in [1.807, 2.05) is 69.3 Å². The Morgan fingerprint density at radius 1 is 1.07 bits per heavy atom. The summed E-state index contributed by atoms with van der Waals surface area (Å²) in [4.78, 5) is 27.1. The van der Waals surface area contributed by atoms with Gasteiger partial charge in [0.2, 0.25) is 5.91 Å². The molecule has 2 amide bonds. The standard InChI is InChI=1S/C24H32N2O3/c1-5-15-25-24(28)20(4)26(16-14-21-11-7-6-8-12-21)23(27)17-29-22-13-9-10-18(2)19(22)3/h6-13,20H,5,14-17H2,1-4H3,(H,25,28)/t20-/m0/s1. The molecule has 1 N–H and O–H groups in total. The monoisotopic (exact) mass is 396 g/mol. The third-order valence-electron chi connectivity index (χ3n) is 5.11. The second-order valence-electron chi connectivity index (χ2n) is 7.28. The highest BCUT2D eigenvalue weighted by molar-refractivity contribution is 5.88. The van der Waals surface area contributed by atoms with Gasteiger partial charge >= 0.3 is 0 Å². The molecule has 0 unspecified atom stereocenters. The van der Waals surface area contributed by atoms with E-state index in [1.165, 1.54) is 0 Å². The highest BCUT2D eigenvalue weighted by Crippen LogP contribution is 2.20. The normalized spacial score (nSPS) is 11.6. The average molecular weight is 397 g/mol. The lowest BCUT2D eigenvalue weighted by molar-refractivity contribution is -0.141. The molecule has 0 fully saturated rings. The van der Waals surface area contributed by atoms with Crippen molar-refractivity contribution >= 4 is 11.8 Å². The van der Waals surface area contributed by atoms with Gasteiger partial charge in [0.1, 0.15) is 11.8 Å². The van der Waals surface area contributed by atoms with Gasteiger partial charge in [-0.05, 0) is 56.4 Å². The molecule has 0 aromatic heterocycles. The van der Waals surface area contributed by atoms with Crippen LogP contribution in [0.4, 0.5) is 0 Å². The van der Waals surface area contributed by atoms with E-state index in [0.717, 1.165) is 23.1 Å². The van der Waals surface area contributed by atoms with Gasteiger partial charge in [-0.15, -0.1) is 0 Å². The number of hydrogen-bond donors (Lipinski definition) is 1. The third-order valence-corrected chi connectivity index (χ3v) is 5.11. The van der Waals surface area contributed by atoms with Crippen molar-refractivity contribution in [2.45, 2.75) is 46.6 Å². The summed E-state index contributed by atoms with van der Waals surface area (Å²) in [6.07, 6.45) is 1.54. The zero-order valence-electron chi connectivity index (χ0n) is 17.9. The summed E-state index contributed by atoms with van der Waals surface area (Å²) < 4.78 is 5.80. The number of nitrogens with one attached hydrogen (secondary N) is 1. The SMILES string of the molecule is CCCNC(=O)[C@H](C)N(CCc1ccccc1)C(=O)COc1cccc(C)c1C. The fourth-order valence-electron chi connectivity index (χ4n) is 3.07. The summed E-state index contributed by atoms with van der Waals surface area (Å²) in [5.41, 5.74) is 3.26. The molecule has 29 heavy (non-hydrogen) atoms. The van der Waals surface area contributed by atoms with Crippen LogP contribution in [0.3, 0.4) is 0 Å². The van der Waals surface area contributed by atoms with E-state index in [-0.39, 0.29) is 18.4 Å². The molecule has 0 bridgehead atoms. The molecule has 0 spiro atoms. The molecule has 5 nitrogen and oxygen atoms in total. The van der Waals surface area contributed by atoms with Crippen LogP contribution in [-0.4, -0.2) is 42.5 Å². The predicted octanol–water partition coefficient (Wildman–Crippen LogP) is 3.67. The quantitative estimate of drug-likeness (QED) is 0.667. The summed E-state index contributed by atoms with van der Waals surface area (Å²) >= 11 is 0. The van der Waals surface area contributed by atoms with Crippen molar-refractivity contribution in [3.8, 4) is 5.75 Å². The maximum atomic E-state index is 13.0. The van der Waals surface area contributed by atoms with Crippen LogP contribution in [-0.2, 0) is 16.0 Å². The van der Waals surface area contributed by atoms with Gasteiger partial charge in [-0.2, -0.15) is 0 Å². The number of carbonyl (C=O) groups excluding carboxylic acids is 2. The summed E-state index contributed by atoms with van der Waals surface area (Å²) in [5.74, 6) is 0.366. The van der Waals surface area contributed by atoms with Crippen molar-refractivity contribution in [3.05, 3.63) is 65.2 Å². The van der Waals surface area contributed by atoms with E-state index in [4.69, 9.17) is 4.74 Å². The fraction of sp³-hybridized carbons (Fsp3) is 0.417. The highest BCUT2D eigenvalue weighted by atomic mass is 16.5. The number of carbonyl (C=O) groups is 2. The van der Waals surface area contributed by atoms with E-state index >= 15 is 0 Å². The molecular formula is C24H32N2O3. The molecule has 1 atom stereocenters. The van der Waals surface area contributed by atoms with Gasteiger partial charge < -0.3 is 15.0 Å². The first kappa shape index (κ1) is 22.5. The van der Waals surface area contributed by atoms with Crippen LogP contribution >= 0.6 is 0 Å². The number of ether oxygens (including phenoxy) is 1. The Morgan fingerprint density at radius 2 is 1.79 bits per heavy atom. The van der Waals surface area contributed by atoms with Gasteiger partial charge in [0.25, 0.3) is 5.91 Å². The lowest BCUT2D eigenvalue weighted by Gasteiger charge is -2.28. The smallest absolute Gasteiger partial charge is 0.261 e. The Morgan fingerprint density at radius 3 is 2.48 bits per heavy atom. The maximum absolute atomic E-state index is 13.0. The van der Waals surface area contributed by atoms with Crippen molar-refractivity contribution in [3.63, 3.8) is 0 Å². The first-order valence-electron chi connectivity index (χ1n) is 10.2. The second kappa shape index (κ2) is 11.2. The van der Waals surface area contributed by atoms with Gasteiger partial charge in [0, 0.05) is 13.1 Å². The van der Waals surface area contributed by atoms with E-state index in [1.54, 1.807) is 11.8 Å². The van der Waals surface area contributed by atoms with Crippen molar-refractivity contribution in [1.29, 1.82) is 0 Å². The van der Waals surface area contributed by atoms with E-state index in [9.17, 15) is 9.59 Å². The first-order chi connectivity index (χ1) is 13.9. The van der Waals surface area contributed by atoms with Crippen molar-refractivity contribution in [1.82, 2.24) is 10.2 Å². The molecule has 0 aliphatic rings. The molecule has 0 aliphatic heterocycles. The lowest BCUT2D eigenvalue weighted by atomic mass is 10.1. The highest BCUT2D eigenvalue weighted by Gasteiger charge is 2.26. The summed E-state index contributed by atoms with van der Waals surface area (Å²) in [6.45, 7) is 8.72. The number of aryl methyl sites for hydroxylation is 1. The van der Waals surface area contributed by atoms with Crippen LogP contribution in [0.2, 0.25) is 0 Å². The van der Waals surface area contributed by atoms with Crippen LogP contribution < -0.4 is 10.1 Å². The molecule has 2 rings (SSSR count). The molecule has 0 heterocycles. The molecule has 2 aromatic rings. The van der Waals surface area contributed by atoms with Crippen LogP contribution in [0, 0.1) is 13.8 Å². The van der Waals surface area contributed by atoms with Crippen molar-refractivity contribution < 1.29 is 14.3 Å². The number of amides is 2. The van der Waals surface area contributed by atoms with E-state index in [2.05, 4.69) is 5.32 Å². The van der Waals surface area contributed by atoms with E-state index in [0.29, 0.717) is 25.3 Å². The van der Waals surface area contributed by atoms with Gasteiger partial charge in [0.05, 0.1) is 0 Å². The molecule has 5 heteroatoms. The Labute approximate surface area is 174 Å². The number of nitrogens with zero attached hydrogens (tertiary/aromatic N) is 1. The summed E-state index contributed by atoms with van der Waals surface area (Å²) in [5, 5.41) is 2.88. The van der Waals surface area contributed by atoms with E-state index < -0.39 is 6.04 Å². The number of benzene rings is 2. The fourth-order valence-corrected chi connectivity index (χ4v) is 3.07. The zero-order chi connectivity index (χ0) is 21.2. The Bertz CT molecular complexity index is 805. The molecule has 0 saturated heterocycles. The van der Waals surface area contributed by atoms with Crippen molar-refractivity contribution in [2.24, 2.45) is 0 Å². The number of rotatable bonds is 10. The predicted molar refractivity (Wildman–Crippen MR) is 116 cm³/mol. The Balaban J connectivity index is 2.08. The van der Waals surface area contributed by atoms with Crippen LogP contribution in [0.1, 0.15) is 37.0 Å². The Hall–Kier alpha value is -2.82. The minimum absolute atomic E-state index is 0.0928. The topological polar surface area (TPSA) is 58.6 Å². The third kappa shape index (κ3) is 6.63. The van der Waals surface area contributed by atoms with Crippen LogP contribution in [0.5, 0.6) is 5.75 Å². The average Bonchev–Trinajstić information content (AvgIpc) is 2.73. The number of hydrogen-bond acceptors (Lipinski definition) is 3. The Kier molecular flexibility index (Phi) is 8.71. The van der Waals surface area contributed by atoms with Crippen LogP contribution in [0.25, 0.3) is 0 Å². The largest absolute Gasteiger partial charge is 0.483 e. The molecule has 0 saturated carbocycles. The van der Waals surface area contributed by atoms with Gasteiger partial charge in [-0.25, -0.2) is 0 Å². The lowest BCUT2D eigenvalue weighted by Crippen LogP contribution is -2.50. The molecule has 0 radical (unpaired) electrons. The van der Waals surface area contributed by atoms with Crippen LogP contribution in [0.15, 0.2) is 48.5 Å². The summed E-state index contributed by atoms with van der Waals surface area (Å²) in [7, 11) is 0. The minimum Gasteiger partial charge on any atom is -0.483 e. The molecule has 2 aromatic carbocycles. The maximum Gasteiger partial charge on any atom is 0.261 e. The summed E-state index contributed by atoms with van der Waals surface area (Å²) in [6, 6.07) is 15.2. The zero-order valence-corrected chi connectivity index (χ0v) is 17.9. The van der Waals surface area contributed by atoms with Crippen molar-refractivity contribution in [2.75, 3.05) is 19.7 Å². The van der Waals surface area contributed by atoms with Gasteiger partial charge in [-0.1, -0.05) is 49.4 Å². The molecule has 0 aliphatic carbocycles. The second-order valence-corrected chi connectivity index (χ2v) is 7.28. The van der Waals surface area contributed by atoms with Gasteiger partial charge in [-0.3, -0.25) is 9.59 Å². The minimum atomic E-state index is -0.556. The van der Waals surface area contributed by atoms with Gasteiger partial charge in [0.15, 0.2) is 6.61 Å². The molecular weight excluding hydrogens is 364 g/mol. The molecule has 156 valence electrons. The first-order valence-corrected chi connectivity index (χ1v) is 10.2.